The van der Waals surface area contributed by atoms with Crippen LogP contribution in [0.25, 0.3) is 0 Å². The van der Waals surface area contributed by atoms with Gasteiger partial charge in [0.2, 0.25) is 0 Å². The van der Waals surface area contributed by atoms with Crippen LogP contribution in [0.2, 0.25) is 0 Å². The molecule has 0 aromatic heterocycles. The van der Waals surface area contributed by atoms with Crippen LogP contribution in [0.5, 0.6) is 0 Å². The number of hydrogen-bond donors (Lipinski definition) is 2. The molecule has 0 fully saturated rings. The maximum absolute atomic E-state index is 5.77. The predicted molar refractivity (Wildman–Crippen MR) is 145 cm³/mol. The van der Waals surface area contributed by atoms with Crippen molar-refractivity contribution in [2.24, 2.45) is 11.5 Å². The van der Waals surface area contributed by atoms with Gasteiger partial charge in [-0.3, -0.25) is 0 Å². The lowest BCUT2D eigenvalue weighted by Gasteiger charge is -2.05. The van der Waals surface area contributed by atoms with Gasteiger partial charge in [-0.25, -0.2) is 0 Å². The summed E-state index contributed by atoms with van der Waals surface area (Å²) in [6.45, 7) is 5.71. The van der Waals surface area contributed by atoms with Crippen molar-refractivity contribution in [3.63, 3.8) is 0 Å². The lowest BCUT2D eigenvalue weighted by molar-refractivity contribution is 0.908. The third-order valence-corrected chi connectivity index (χ3v) is 5.64. The Bertz CT molecular complexity index is 1050. The molecule has 0 aliphatic carbocycles. The Morgan fingerprint density at radius 3 is 1.12 bits per heavy atom. The molecule has 0 radical (unpaired) electrons. The third kappa shape index (κ3) is 7.93. The van der Waals surface area contributed by atoms with E-state index in [1.54, 1.807) is 0 Å². The van der Waals surface area contributed by atoms with Gasteiger partial charge in [0, 0.05) is 22.3 Å². The molecule has 34 heavy (non-hydrogen) atoms. The van der Waals surface area contributed by atoms with E-state index in [4.69, 9.17) is 11.5 Å². The molecular formula is C32H36N2. The van der Waals surface area contributed by atoms with E-state index in [9.17, 15) is 0 Å². The van der Waals surface area contributed by atoms with E-state index >= 15 is 0 Å². The van der Waals surface area contributed by atoms with Crippen molar-refractivity contribution in [3.05, 3.63) is 105 Å². The van der Waals surface area contributed by atoms with E-state index in [1.807, 2.05) is 24.3 Å². The minimum atomic E-state index is 0.655. The molecule has 2 heteroatoms. The van der Waals surface area contributed by atoms with Gasteiger partial charge >= 0.3 is 0 Å². The SMILES string of the molecule is CCCc1cc(C#Cc2ccc(C#Cc3cc(CCC)cc(CCN)c3)cc2)cc(CCN)c1. The smallest absolute Gasteiger partial charge is 0.0254 e. The zero-order valence-electron chi connectivity index (χ0n) is 20.6. The summed E-state index contributed by atoms with van der Waals surface area (Å²) in [6, 6.07) is 21.4. The summed E-state index contributed by atoms with van der Waals surface area (Å²) in [7, 11) is 0. The molecule has 0 heterocycles. The second-order valence-corrected chi connectivity index (χ2v) is 8.73. The highest BCUT2D eigenvalue weighted by Crippen LogP contribution is 2.14. The topological polar surface area (TPSA) is 52.0 Å². The first kappa shape index (κ1) is 25.3. The van der Waals surface area contributed by atoms with Crippen LogP contribution in [0, 0.1) is 23.7 Å². The minimum absolute atomic E-state index is 0.655. The monoisotopic (exact) mass is 448 g/mol. The van der Waals surface area contributed by atoms with Crippen molar-refractivity contribution in [1.29, 1.82) is 0 Å². The molecule has 0 bridgehead atoms. The van der Waals surface area contributed by atoms with Crippen molar-refractivity contribution in [2.45, 2.75) is 52.4 Å². The van der Waals surface area contributed by atoms with Crippen LogP contribution in [0.4, 0.5) is 0 Å². The van der Waals surface area contributed by atoms with Gasteiger partial charge < -0.3 is 11.5 Å². The maximum atomic E-state index is 5.77. The number of rotatable bonds is 8. The average molecular weight is 449 g/mol. The van der Waals surface area contributed by atoms with Crippen LogP contribution in [0.15, 0.2) is 60.7 Å². The molecule has 0 amide bonds. The van der Waals surface area contributed by atoms with E-state index in [0.29, 0.717) is 13.1 Å². The molecule has 174 valence electrons. The van der Waals surface area contributed by atoms with Crippen molar-refractivity contribution >= 4 is 0 Å². The largest absolute Gasteiger partial charge is 0.330 e. The summed E-state index contributed by atoms with van der Waals surface area (Å²) in [5, 5.41) is 0. The highest BCUT2D eigenvalue weighted by atomic mass is 14.5. The van der Waals surface area contributed by atoms with Crippen LogP contribution >= 0.6 is 0 Å². The van der Waals surface area contributed by atoms with Crippen molar-refractivity contribution in [1.82, 2.24) is 0 Å². The Balaban J connectivity index is 1.77. The molecule has 0 saturated heterocycles. The molecule has 0 aliphatic rings. The first-order valence-corrected chi connectivity index (χ1v) is 12.4. The number of benzene rings is 3. The summed E-state index contributed by atoms with van der Waals surface area (Å²) in [5.41, 5.74) is 20.8. The Labute approximate surface area is 205 Å². The maximum Gasteiger partial charge on any atom is 0.0254 e. The van der Waals surface area contributed by atoms with Gasteiger partial charge in [-0.1, -0.05) is 62.5 Å². The van der Waals surface area contributed by atoms with E-state index in [0.717, 1.165) is 60.8 Å². The third-order valence-electron chi connectivity index (χ3n) is 5.64. The van der Waals surface area contributed by atoms with Crippen LogP contribution in [0.1, 0.15) is 71.2 Å². The zero-order valence-corrected chi connectivity index (χ0v) is 20.6. The Morgan fingerprint density at radius 2 is 0.794 bits per heavy atom. The van der Waals surface area contributed by atoms with Gasteiger partial charge in [-0.15, -0.1) is 0 Å². The Kier molecular flexibility index (Phi) is 9.99. The summed E-state index contributed by atoms with van der Waals surface area (Å²) in [5.74, 6) is 13.3. The van der Waals surface area contributed by atoms with E-state index < -0.39 is 0 Å². The Hall–Kier alpha value is -3.30. The molecule has 0 unspecified atom stereocenters. The summed E-state index contributed by atoms with van der Waals surface area (Å²) in [4.78, 5) is 0. The fraction of sp³-hybridized carbons (Fsp3) is 0.312. The zero-order chi connectivity index (χ0) is 24.2. The molecule has 4 N–H and O–H groups in total. The van der Waals surface area contributed by atoms with Gasteiger partial charge in [-0.2, -0.15) is 0 Å². The molecule has 0 saturated carbocycles. The lowest BCUT2D eigenvalue weighted by Crippen LogP contribution is -2.03. The highest BCUT2D eigenvalue weighted by molar-refractivity contribution is 5.50. The van der Waals surface area contributed by atoms with Gasteiger partial charge in [0.05, 0.1) is 0 Å². The van der Waals surface area contributed by atoms with E-state index in [2.05, 4.69) is 73.9 Å². The molecule has 0 spiro atoms. The number of hydrogen-bond acceptors (Lipinski definition) is 2. The van der Waals surface area contributed by atoms with Crippen molar-refractivity contribution in [2.75, 3.05) is 13.1 Å². The fourth-order valence-electron chi connectivity index (χ4n) is 4.08. The molecule has 3 rings (SSSR count). The number of nitrogens with two attached hydrogens (primary N) is 2. The summed E-state index contributed by atoms with van der Waals surface area (Å²) < 4.78 is 0. The fourth-order valence-corrected chi connectivity index (χ4v) is 4.08. The van der Waals surface area contributed by atoms with E-state index in [1.165, 1.54) is 22.3 Å². The van der Waals surface area contributed by atoms with E-state index in [-0.39, 0.29) is 0 Å². The highest BCUT2D eigenvalue weighted by Gasteiger charge is 2.01. The molecular weight excluding hydrogens is 412 g/mol. The normalized spacial score (nSPS) is 10.2. The first-order valence-electron chi connectivity index (χ1n) is 12.4. The van der Waals surface area contributed by atoms with Crippen molar-refractivity contribution < 1.29 is 0 Å². The van der Waals surface area contributed by atoms with Crippen molar-refractivity contribution in [3.8, 4) is 23.7 Å². The van der Waals surface area contributed by atoms with Crippen LogP contribution in [-0.2, 0) is 25.7 Å². The molecule has 3 aromatic rings. The van der Waals surface area contributed by atoms with Crippen LogP contribution in [0.3, 0.4) is 0 Å². The quantitative estimate of drug-likeness (QED) is 0.454. The number of aryl methyl sites for hydroxylation is 2. The van der Waals surface area contributed by atoms with Gasteiger partial charge in [0.15, 0.2) is 0 Å². The van der Waals surface area contributed by atoms with Gasteiger partial charge in [-0.05, 0) is 110 Å². The van der Waals surface area contributed by atoms with Gasteiger partial charge in [0.25, 0.3) is 0 Å². The minimum Gasteiger partial charge on any atom is -0.330 e. The lowest BCUT2D eigenvalue weighted by atomic mass is 10.0. The molecule has 3 aromatic carbocycles. The molecule has 0 aliphatic heterocycles. The average Bonchev–Trinajstić information content (AvgIpc) is 2.83. The van der Waals surface area contributed by atoms with Crippen LogP contribution < -0.4 is 11.5 Å². The van der Waals surface area contributed by atoms with Gasteiger partial charge in [0.1, 0.15) is 0 Å². The standard InChI is InChI=1S/C32H36N2/c1-3-5-27-19-29(23-31(21-27)15-17-33)13-11-25-7-9-26(10-8-25)12-14-30-20-28(6-4-2)22-32(24-30)16-18-34/h7-10,19-24H,3-6,15-18,33-34H2,1-2H3. The first-order chi connectivity index (χ1) is 16.6. The second kappa shape index (κ2) is 13.4. The summed E-state index contributed by atoms with van der Waals surface area (Å²) >= 11 is 0. The molecule has 2 nitrogen and oxygen atoms in total. The Morgan fingerprint density at radius 1 is 0.471 bits per heavy atom. The second-order valence-electron chi connectivity index (χ2n) is 8.73. The summed E-state index contributed by atoms with van der Waals surface area (Å²) in [6.07, 6.45) is 6.14. The molecule has 0 atom stereocenters. The predicted octanol–water partition coefficient (Wildman–Crippen LogP) is 5.39. The van der Waals surface area contributed by atoms with Crippen LogP contribution in [-0.4, -0.2) is 13.1 Å².